The van der Waals surface area contributed by atoms with Gasteiger partial charge in [-0.25, -0.2) is 9.59 Å². The Kier molecular flexibility index (Phi) is 8.63. The minimum Gasteiger partial charge on any atom is -0.497 e. The van der Waals surface area contributed by atoms with E-state index in [9.17, 15) is 0 Å². The van der Waals surface area contributed by atoms with E-state index in [1.165, 1.54) is 11.1 Å². The maximum Gasteiger partial charge on any atom is 0.414 e. The molecule has 0 amide bonds. The summed E-state index contributed by atoms with van der Waals surface area (Å²) in [5, 5.41) is 18.2. The molecule has 2 aromatic rings. The molecule has 0 aliphatic heterocycles. The normalized spacial score (nSPS) is 9.54. The smallest absolute Gasteiger partial charge is 0.414 e. The van der Waals surface area contributed by atoms with Crippen LogP contribution in [0.3, 0.4) is 0 Å². The number of hydrogen-bond acceptors (Lipinski definition) is 4. The van der Waals surface area contributed by atoms with Crippen LogP contribution in [0.1, 0.15) is 11.1 Å². The van der Waals surface area contributed by atoms with Crippen molar-refractivity contribution in [1.29, 1.82) is 0 Å². The monoisotopic (exact) mass is 331 g/mol. The largest absolute Gasteiger partial charge is 0.497 e. The van der Waals surface area contributed by atoms with E-state index in [-0.39, 0.29) is 0 Å². The first kappa shape index (κ1) is 19.2. The molecule has 0 spiro atoms. The van der Waals surface area contributed by atoms with Crippen LogP contribution in [0, 0.1) is 0 Å². The van der Waals surface area contributed by atoms with Gasteiger partial charge in [-0.1, -0.05) is 42.5 Å². The molecule has 0 aliphatic carbocycles. The summed E-state index contributed by atoms with van der Waals surface area (Å²) in [6.45, 7) is 1.91. The highest BCUT2D eigenvalue weighted by atomic mass is 16.5. The van der Waals surface area contributed by atoms with Crippen molar-refractivity contribution in [2.24, 2.45) is 0 Å². The highest BCUT2D eigenvalue weighted by Crippen LogP contribution is 2.11. The van der Waals surface area contributed by atoms with Gasteiger partial charge in [-0.05, 0) is 36.2 Å². The van der Waals surface area contributed by atoms with Crippen LogP contribution in [0.5, 0.6) is 5.75 Å². The Hall–Kier alpha value is -2.86. The van der Waals surface area contributed by atoms with Crippen molar-refractivity contribution in [1.82, 2.24) is 5.32 Å². The Bertz CT molecular complexity index is 614. The fraction of sp³-hybridized carbons (Fsp3) is 0.222. The molecule has 0 saturated carbocycles. The van der Waals surface area contributed by atoms with Gasteiger partial charge < -0.3 is 20.3 Å². The Labute approximate surface area is 140 Å². The molecule has 0 unspecified atom stereocenters. The lowest BCUT2D eigenvalue weighted by Crippen LogP contribution is -2.16. The summed E-state index contributed by atoms with van der Waals surface area (Å²) in [4.78, 5) is 18.2. The SMILES string of the molecule is COc1ccc(CCNCc2ccccc2)cc1.O=C(O)C(=O)O. The van der Waals surface area contributed by atoms with E-state index in [1.807, 2.05) is 18.2 Å². The molecule has 2 aromatic carbocycles. The van der Waals surface area contributed by atoms with Crippen LogP contribution in [-0.2, 0) is 22.6 Å². The second-order valence-corrected chi connectivity index (χ2v) is 4.87. The molecule has 2 rings (SSSR count). The van der Waals surface area contributed by atoms with Gasteiger partial charge in [0.25, 0.3) is 0 Å². The third kappa shape index (κ3) is 7.95. The highest BCUT2D eigenvalue weighted by molar-refractivity contribution is 6.27. The summed E-state index contributed by atoms with van der Waals surface area (Å²) in [6, 6.07) is 18.7. The van der Waals surface area contributed by atoms with Gasteiger partial charge in [0.15, 0.2) is 0 Å². The number of hydrogen-bond donors (Lipinski definition) is 3. The summed E-state index contributed by atoms with van der Waals surface area (Å²) in [5.41, 5.74) is 2.66. The summed E-state index contributed by atoms with van der Waals surface area (Å²) >= 11 is 0. The van der Waals surface area contributed by atoms with Gasteiger partial charge >= 0.3 is 11.9 Å². The molecule has 0 heterocycles. The number of methoxy groups -OCH3 is 1. The molecule has 0 aromatic heterocycles. The fourth-order valence-electron chi connectivity index (χ4n) is 1.85. The molecule has 0 fully saturated rings. The van der Waals surface area contributed by atoms with E-state index in [2.05, 4.69) is 41.7 Å². The summed E-state index contributed by atoms with van der Waals surface area (Å²) in [7, 11) is 1.69. The maximum absolute atomic E-state index is 9.10. The first-order valence-electron chi connectivity index (χ1n) is 7.36. The highest BCUT2D eigenvalue weighted by Gasteiger charge is 2.04. The predicted octanol–water partition coefficient (Wildman–Crippen LogP) is 2.18. The van der Waals surface area contributed by atoms with Crippen LogP contribution in [0.4, 0.5) is 0 Å². The van der Waals surface area contributed by atoms with Crippen molar-refractivity contribution in [2.45, 2.75) is 13.0 Å². The van der Waals surface area contributed by atoms with Gasteiger partial charge in [-0.15, -0.1) is 0 Å². The van der Waals surface area contributed by atoms with Crippen LogP contribution in [0.2, 0.25) is 0 Å². The van der Waals surface area contributed by atoms with Crippen LogP contribution in [-0.4, -0.2) is 35.8 Å². The quantitative estimate of drug-likeness (QED) is 0.555. The Balaban J connectivity index is 0.000000413. The number of carboxylic acids is 2. The summed E-state index contributed by atoms with van der Waals surface area (Å²) < 4.78 is 5.14. The zero-order chi connectivity index (χ0) is 17.8. The van der Waals surface area contributed by atoms with Gasteiger partial charge in [0.2, 0.25) is 0 Å². The van der Waals surface area contributed by atoms with Crippen molar-refractivity contribution >= 4 is 11.9 Å². The van der Waals surface area contributed by atoms with Crippen molar-refractivity contribution in [3.63, 3.8) is 0 Å². The zero-order valence-electron chi connectivity index (χ0n) is 13.4. The summed E-state index contributed by atoms with van der Waals surface area (Å²) in [6.07, 6.45) is 1.04. The van der Waals surface area contributed by atoms with E-state index in [4.69, 9.17) is 24.5 Å². The number of rotatable bonds is 6. The average Bonchev–Trinajstić information content (AvgIpc) is 2.60. The molecule has 0 aliphatic rings. The molecule has 0 radical (unpaired) electrons. The lowest BCUT2D eigenvalue weighted by atomic mass is 10.1. The van der Waals surface area contributed by atoms with Crippen LogP contribution in [0.25, 0.3) is 0 Å². The standard InChI is InChI=1S/C16H19NO.C2H2O4/c1-18-16-9-7-14(8-10-16)11-12-17-13-15-5-3-2-4-6-15;3-1(4)2(5)6/h2-10,17H,11-13H2,1H3;(H,3,4)(H,5,6). The molecule has 3 N–H and O–H groups in total. The average molecular weight is 331 g/mol. The van der Waals surface area contributed by atoms with Crippen LogP contribution in [0.15, 0.2) is 54.6 Å². The fourth-order valence-corrected chi connectivity index (χ4v) is 1.85. The van der Waals surface area contributed by atoms with E-state index in [0.717, 1.165) is 25.3 Å². The zero-order valence-corrected chi connectivity index (χ0v) is 13.4. The first-order chi connectivity index (χ1) is 11.5. The molecule has 0 bridgehead atoms. The Morgan fingerprint density at radius 1 is 0.917 bits per heavy atom. The van der Waals surface area contributed by atoms with E-state index in [0.29, 0.717) is 0 Å². The van der Waals surface area contributed by atoms with Gasteiger partial charge in [-0.2, -0.15) is 0 Å². The third-order valence-corrected chi connectivity index (χ3v) is 3.10. The van der Waals surface area contributed by atoms with Gasteiger partial charge in [-0.3, -0.25) is 0 Å². The Morgan fingerprint density at radius 2 is 1.50 bits per heavy atom. The predicted molar refractivity (Wildman–Crippen MR) is 90.1 cm³/mol. The minimum atomic E-state index is -1.82. The molecule has 6 heteroatoms. The van der Waals surface area contributed by atoms with E-state index >= 15 is 0 Å². The van der Waals surface area contributed by atoms with Crippen molar-refractivity contribution in [3.8, 4) is 5.75 Å². The molecule has 0 saturated heterocycles. The molecular formula is C18H21NO5. The van der Waals surface area contributed by atoms with E-state index < -0.39 is 11.9 Å². The number of aliphatic carboxylic acids is 2. The van der Waals surface area contributed by atoms with Crippen molar-refractivity contribution in [2.75, 3.05) is 13.7 Å². The van der Waals surface area contributed by atoms with Crippen LogP contribution >= 0.6 is 0 Å². The number of nitrogens with one attached hydrogen (secondary N) is 1. The third-order valence-electron chi connectivity index (χ3n) is 3.10. The number of carbonyl (C=O) groups is 2. The van der Waals surface area contributed by atoms with Crippen molar-refractivity contribution in [3.05, 3.63) is 65.7 Å². The summed E-state index contributed by atoms with van der Waals surface area (Å²) in [5.74, 6) is -2.74. The minimum absolute atomic E-state index is 0.913. The van der Waals surface area contributed by atoms with E-state index in [1.54, 1.807) is 7.11 Å². The first-order valence-corrected chi connectivity index (χ1v) is 7.36. The maximum atomic E-state index is 9.10. The molecule has 24 heavy (non-hydrogen) atoms. The lowest BCUT2D eigenvalue weighted by Gasteiger charge is -2.06. The van der Waals surface area contributed by atoms with Gasteiger partial charge in [0.1, 0.15) is 5.75 Å². The second kappa shape index (κ2) is 10.8. The van der Waals surface area contributed by atoms with Crippen LogP contribution < -0.4 is 10.1 Å². The van der Waals surface area contributed by atoms with Crippen molar-refractivity contribution < 1.29 is 24.5 Å². The van der Waals surface area contributed by atoms with Gasteiger partial charge in [0, 0.05) is 6.54 Å². The molecule has 6 nitrogen and oxygen atoms in total. The molecule has 0 atom stereocenters. The molecular weight excluding hydrogens is 310 g/mol. The number of benzene rings is 2. The number of ether oxygens (including phenoxy) is 1. The number of carboxylic acid groups (broad SMARTS) is 2. The lowest BCUT2D eigenvalue weighted by molar-refractivity contribution is -0.159. The Morgan fingerprint density at radius 3 is 2.00 bits per heavy atom. The van der Waals surface area contributed by atoms with Gasteiger partial charge in [0.05, 0.1) is 7.11 Å². The topological polar surface area (TPSA) is 95.9 Å². The molecule has 128 valence electrons. The second-order valence-electron chi connectivity index (χ2n) is 4.87.